The Labute approximate surface area is 132 Å². The number of hydrogen-bond acceptors (Lipinski definition) is 4. The summed E-state index contributed by atoms with van der Waals surface area (Å²) < 4.78 is 0. The zero-order valence-electron chi connectivity index (χ0n) is 11.6. The molecule has 0 fully saturated rings. The third-order valence-electron chi connectivity index (χ3n) is 2.89. The van der Waals surface area contributed by atoms with Gasteiger partial charge in [0.15, 0.2) is 0 Å². The predicted octanol–water partition coefficient (Wildman–Crippen LogP) is 3.88. The summed E-state index contributed by atoms with van der Waals surface area (Å²) in [6, 6.07) is 16.9. The van der Waals surface area contributed by atoms with Gasteiger partial charge < -0.3 is 5.32 Å². The Morgan fingerprint density at radius 3 is 2.55 bits per heavy atom. The first kappa shape index (κ1) is 14.3. The van der Waals surface area contributed by atoms with Crippen molar-refractivity contribution in [2.24, 2.45) is 0 Å². The Balaban J connectivity index is 1.83. The third kappa shape index (κ3) is 3.51. The first-order valence-corrected chi connectivity index (χ1v) is 7.54. The molecule has 22 heavy (non-hydrogen) atoms. The lowest BCUT2D eigenvalue weighted by Crippen LogP contribution is -2.13. The molecule has 0 aliphatic heterocycles. The smallest absolute Gasteiger partial charge is 0.258 e. The Bertz CT molecular complexity index is 763. The number of aromatic nitrogens is 2. The van der Waals surface area contributed by atoms with Crippen molar-refractivity contribution in [2.45, 2.75) is 9.92 Å². The predicted molar refractivity (Wildman–Crippen MR) is 87.0 cm³/mol. The quantitative estimate of drug-likeness (QED) is 0.794. The molecule has 1 N–H and O–H groups in total. The van der Waals surface area contributed by atoms with Gasteiger partial charge in [0.1, 0.15) is 5.03 Å². The van der Waals surface area contributed by atoms with E-state index in [1.54, 1.807) is 42.9 Å². The highest BCUT2D eigenvalue weighted by atomic mass is 32.2. The molecule has 2 aromatic heterocycles. The first-order valence-electron chi connectivity index (χ1n) is 6.72. The number of hydrogen-bond donors (Lipinski definition) is 1. The summed E-state index contributed by atoms with van der Waals surface area (Å²) in [6.45, 7) is 0. The molecule has 0 aliphatic rings. The molecular formula is C17H13N3OS. The number of rotatable bonds is 4. The van der Waals surface area contributed by atoms with E-state index in [0.717, 1.165) is 4.90 Å². The highest BCUT2D eigenvalue weighted by molar-refractivity contribution is 7.99. The van der Waals surface area contributed by atoms with Crippen LogP contribution < -0.4 is 5.32 Å². The van der Waals surface area contributed by atoms with Crippen LogP contribution in [0.1, 0.15) is 10.4 Å². The summed E-state index contributed by atoms with van der Waals surface area (Å²) in [4.78, 5) is 21.8. The van der Waals surface area contributed by atoms with Gasteiger partial charge in [0, 0.05) is 17.3 Å². The summed E-state index contributed by atoms with van der Waals surface area (Å²) in [5.74, 6) is -0.195. The lowest BCUT2D eigenvalue weighted by molar-refractivity contribution is 0.102. The molecule has 0 aliphatic carbocycles. The van der Waals surface area contributed by atoms with Crippen molar-refractivity contribution in [1.82, 2.24) is 9.97 Å². The molecule has 0 saturated carbocycles. The fourth-order valence-electron chi connectivity index (χ4n) is 1.88. The summed E-state index contributed by atoms with van der Waals surface area (Å²) >= 11 is 1.47. The van der Waals surface area contributed by atoms with E-state index in [2.05, 4.69) is 15.3 Å². The molecule has 0 spiro atoms. The van der Waals surface area contributed by atoms with E-state index in [1.807, 2.05) is 30.3 Å². The van der Waals surface area contributed by atoms with Crippen LogP contribution in [0, 0.1) is 0 Å². The van der Waals surface area contributed by atoms with Crippen molar-refractivity contribution in [3.05, 3.63) is 78.8 Å². The highest BCUT2D eigenvalue weighted by Crippen LogP contribution is 2.28. The van der Waals surface area contributed by atoms with E-state index in [0.29, 0.717) is 16.3 Å². The molecule has 0 bridgehead atoms. The van der Waals surface area contributed by atoms with Crippen LogP contribution in [0.5, 0.6) is 0 Å². The average Bonchev–Trinajstić information content (AvgIpc) is 2.57. The fraction of sp³-hybridized carbons (Fsp3) is 0. The number of carbonyl (C=O) groups excluding carboxylic acids is 1. The maximum atomic E-state index is 12.4. The first-order chi connectivity index (χ1) is 10.8. The van der Waals surface area contributed by atoms with E-state index < -0.39 is 0 Å². The monoisotopic (exact) mass is 307 g/mol. The van der Waals surface area contributed by atoms with Crippen molar-refractivity contribution < 1.29 is 4.79 Å². The van der Waals surface area contributed by atoms with Gasteiger partial charge in [-0.3, -0.25) is 9.78 Å². The number of nitrogens with zero attached hydrogens (tertiary/aromatic N) is 2. The summed E-state index contributed by atoms with van der Waals surface area (Å²) in [7, 11) is 0. The van der Waals surface area contributed by atoms with Crippen molar-refractivity contribution in [3.63, 3.8) is 0 Å². The van der Waals surface area contributed by atoms with Crippen LogP contribution in [0.2, 0.25) is 0 Å². The van der Waals surface area contributed by atoms with Crippen molar-refractivity contribution >= 4 is 23.4 Å². The highest BCUT2D eigenvalue weighted by Gasteiger charge is 2.13. The largest absolute Gasteiger partial charge is 0.321 e. The van der Waals surface area contributed by atoms with Gasteiger partial charge in [0.2, 0.25) is 0 Å². The van der Waals surface area contributed by atoms with Gasteiger partial charge in [0.25, 0.3) is 5.91 Å². The third-order valence-corrected chi connectivity index (χ3v) is 3.92. The second-order valence-electron chi connectivity index (χ2n) is 4.47. The molecule has 0 saturated heterocycles. The minimum absolute atomic E-state index is 0.195. The Kier molecular flexibility index (Phi) is 4.46. The van der Waals surface area contributed by atoms with Gasteiger partial charge in [0.05, 0.1) is 17.4 Å². The molecule has 2 heterocycles. The Hall–Kier alpha value is -2.66. The normalized spacial score (nSPS) is 10.2. The van der Waals surface area contributed by atoms with Crippen LogP contribution in [0.3, 0.4) is 0 Å². The Morgan fingerprint density at radius 2 is 1.77 bits per heavy atom. The van der Waals surface area contributed by atoms with Crippen LogP contribution >= 0.6 is 11.8 Å². The van der Waals surface area contributed by atoms with Gasteiger partial charge >= 0.3 is 0 Å². The van der Waals surface area contributed by atoms with Crippen LogP contribution in [0.25, 0.3) is 0 Å². The zero-order valence-corrected chi connectivity index (χ0v) is 12.5. The minimum atomic E-state index is -0.195. The van der Waals surface area contributed by atoms with Gasteiger partial charge in [-0.25, -0.2) is 4.98 Å². The van der Waals surface area contributed by atoms with Crippen molar-refractivity contribution in [3.8, 4) is 0 Å². The van der Waals surface area contributed by atoms with Crippen LogP contribution in [-0.4, -0.2) is 15.9 Å². The topological polar surface area (TPSA) is 54.9 Å². The van der Waals surface area contributed by atoms with Crippen LogP contribution in [-0.2, 0) is 0 Å². The molecule has 3 aromatic rings. The molecule has 3 rings (SSSR count). The second kappa shape index (κ2) is 6.87. The summed E-state index contributed by atoms with van der Waals surface area (Å²) in [5, 5.41) is 3.51. The van der Waals surface area contributed by atoms with E-state index in [9.17, 15) is 4.79 Å². The minimum Gasteiger partial charge on any atom is -0.321 e. The second-order valence-corrected chi connectivity index (χ2v) is 5.53. The lowest BCUT2D eigenvalue weighted by Gasteiger charge is -2.08. The number of amides is 1. The molecular weight excluding hydrogens is 294 g/mol. The van der Waals surface area contributed by atoms with E-state index in [-0.39, 0.29) is 5.91 Å². The standard InChI is InChI=1S/C17H13N3OS/c21-16(20-13-6-4-10-18-12-13)15-9-5-11-19-17(15)22-14-7-2-1-3-8-14/h1-12H,(H,20,21). The van der Waals surface area contributed by atoms with Crippen molar-refractivity contribution in [2.75, 3.05) is 5.32 Å². The molecule has 0 unspecified atom stereocenters. The fourth-order valence-corrected chi connectivity index (χ4v) is 2.78. The molecule has 4 nitrogen and oxygen atoms in total. The Morgan fingerprint density at radius 1 is 0.955 bits per heavy atom. The molecule has 108 valence electrons. The number of benzene rings is 1. The van der Waals surface area contributed by atoms with Gasteiger partial charge in [-0.15, -0.1) is 0 Å². The number of carbonyl (C=O) groups is 1. The zero-order chi connectivity index (χ0) is 15.2. The summed E-state index contributed by atoms with van der Waals surface area (Å²) in [6.07, 6.45) is 4.96. The van der Waals surface area contributed by atoms with Crippen molar-refractivity contribution in [1.29, 1.82) is 0 Å². The SMILES string of the molecule is O=C(Nc1cccnc1)c1cccnc1Sc1ccccc1. The van der Waals surface area contributed by atoms with Crippen LogP contribution in [0.4, 0.5) is 5.69 Å². The van der Waals surface area contributed by atoms with Gasteiger partial charge in [-0.2, -0.15) is 0 Å². The van der Waals surface area contributed by atoms with E-state index in [1.165, 1.54) is 11.8 Å². The molecule has 5 heteroatoms. The number of nitrogens with one attached hydrogen (secondary N) is 1. The molecule has 1 amide bonds. The number of pyridine rings is 2. The van der Waals surface area contributed by atoms with E-state index in [4.69, 9.17) is 0 Å². The van der Waals surface area contributed by atoms with E-state index >= 15 is 0 Å². The molecule has 1 aromatic carbocycles. The van der Waals surface area contributed by atoms with Gasteiger partial charge in [-0.1, -0.05) is 30.0 Å². The number of anilines is 1. The average molecular weight is 307 g/mol. The lowest BCUT2D eigenvalue weighted by atomic mass is 10.2. The molecule has 0 atom stereocenters. The molecule has 0 radical (unpaired) electrons. The maximum Gasteiger partial charge on any atom is 0.258 e. The maximum absolute atomic E-state index is 12.4. The van der Waals surface area contributed by atoms with Crippen LogP contribution in [0.15, 0.2) is 83.1 Å². The summed E-state index contributed by atoms with van der Waals surface area (Å²) in [5.41, 5.74) is 1.20. The van der Waals surface area contributed by atoms with Gasteiger partial charge in [-0.05, 0) is 36.4 Å².